The van der Waals surface area contributed by atoms with Crippen LogP contribution >= 0.6 is 0 Å². The van der Waals surface area contributed by atoms with Gasteiger partial charge in [-0.3, -0.25) is 10.2 Å². The Morgan fingerprint density at radius 2 is 1.92 bits per heavy atom. The molecule has 1 atom stereocenters. The van der Waals surface area contributed by atoms with Crippen LogP contribution in [-0.4, -0.2) is 23.6 Å². The zero-order valence-electron chi connectivity index (χ0n) is 14.4. The number of hydrogen-bond acceptors (Lipinski definition) is 3. The van der Waals surface area contributed by atoms with E-state index >= 15 is 0 Å². The average molecular weight is 326 g/mol. The summed E-state index contributed by atoms with van der Waals surface area (Å²) in [7, 11) is 1.65. The molecule has 0 bridgehead atoms. The van der Waals surface area contributed by atoms with Gasteiger partial charge in [0.05, 0.1) is 12.6 Å². The summed E-state index contributed by atoms with van der Waals surface area (Å²) in [5.41, 5.74) is 5.48. The number of benzene rings is 1. The van der Waals surface area contributed by atoms with Crippen molar-refractivity contribution in [3.63, 3.8) is 0 Å². The second-order valence-corrected chi connectivity index (χ2v) is 7.29. The molecule has 0 aromatic heterocycles. The largest absolute Gasteiger partial charge is 0.497 e. The van der Waals surface area contributed by atoms with Gasteiger partial charge < -0.3 is 4.74 Å². The smallest absolute Gasteiger partial charge is 0.272 e. The van der Waals surface area contributed by atoms with Gasteiger partial charge in [-0.2, -0.15) is 0 Å². The van der Waals surface area contributed by atoms with Crippen molar-refractivity contribution < 1.29 is 9.53 Å². The van der Waals surface area contributed by atoms with Crippen molar-refractivity contribution in [3.8, 4) is 5.75 Å². The van der Waals surface area contributed by atoms with Crippen LogP contribution < -0.4 is 10.2 Å². The van der Waals surface area contributed by atoms with Gasteiger partial charge in [0.1, 0.15) is 5.75 Å². The highest BCUT2D eigenvalue weighted by atomic mass is 16.5. The van der Waals surface area contributed by atoms with Crippen LogP contribution in [0.4, 0.5) is 0 Å². The molecule has 1 aliphatic heterocycles. The number of allylic oxidation sites excluding steroid dienone is 1. The molecule has 3 aliphatic rings. The molecule has 2 aliphatic carbocycles. The van der Waals surface area contributed by atoms with Crippen LogP contribution in [0.2, 0.25) is 0 Å². The van der Waals surface area contributed by atoms with Crippen LogP contribution in [0.5, 0.6) is 5.75 Å². The zero-order valence-corrected chi connectivity index (χ0v) is 14.4. The fraction of sp³-hybridized carbons (Fsp3) is 0.550. The lowest BCUT2D eigenvalue weighted by Gasteiger charge is -2.43. The van der Waals surface area contributed by atoms with Gasteiger partial charge in [-0.15, -0.1) is 0 Å². The summed E-state index contributed by atoms with van der Waals surface area (Å²) in [6, 6.07) is 7.47. The Bertz CT molecular complexity index is 644. The molecule has 1 aromatic rings. The minimum absolute atomic E-state index is 0.0263. The first-order valence-electron chi connectivity index (χ1n) is 9.20. The molecule has 1 aromatic carbocycles. The number of amides is 1. The van der Waals surface area contributed by atoms with Crippen molar-refractivity contribution in [2.75, 3.05) is 7.11 Å². The first-order chi connectivity index (χ1) is 11.7. The predicted octanol–water partition coefficient (Wildman–Crippen LogP) is 4.04. The lowest BCUT2D eigenvalue weighted by atomic mass is 9.69. The van der Waals surface area contributed by atoms with Crippen molar-refractivity contribution >= 4 is 5.91 Å². The first kappa shape index (κ1) is 15.6. The Morgan fingerprint density at radius 3 is 2.62 bits per heavy atom. The van der Waals surface area contributed by atoms with E-state index < -0.39 is 0 Å². The van der Waals surface area contributed by atoms with Crippen LogP contribution in [0.25, 0.3) is 0 Å². The molecule has 1 spiro atoms. The monoisotopic (exact) mass is 326 g/mol. The summed E-state index contributed by atoms with van der Waals surface area (Å²) in [4.78, 5) is 13.3. The fourth-order valence-electron chi connectivity index (χ4n) is 4.81. The summed E-state index contributed by atoms with van der Waals surface area (Å²) in [5, 5.41) is 1.98. The lowest BCUT2D eigenvalue weighted by molar-refractivity contribution is 0.0226. The maximum Gasteiger partial charge on any atom is 0.272 e. The third-order valence-corrected chi connectivity index (χ3v) is 6.03. The van der Waals surface area contributed by atoms with Crippen molar-refractivity contribution in [3.05, 3.63) is 41.6 Å². The second kappa shape index (κ2) is 6.15. The maximum atomic E-state index is 13.3. The molecule has 2 fully saturated rings. The Morgan fingerprint density at radius 1 is 1.17 bits per heavy atom. The molecule has 4 heteroatoms. The normalized spacial score (nSPS) is 25.0. The minimum atomic E-state index is -0.0263. The average Bonchev–Trinajstić information content (AvgIpc) is 2.96. The third-order valence-electron chi connectivity index (χ3n) is 6.03. The summed E-state index contributed by atoms with van der Waals surface area (Å²) in [6.07, 6.45) is 11.8. The van der Waals surface area contributed by atoms with Crippen LogP contribution in [0.3, 0.4) is 0 Å². The summed E-state index contributed by atoms with van der Waals surface area (Å²) < 4.78 is 5.21. The number of hydrogen-bond donors (Lipinski definition) is 1. The molecule has 4 nitrogen and oxygen atoms in total. The maximum absolute atomic E-state index is 13.3. The SMILES string of the molecule is COc1ccc(C(=O)N2NC3=CCCC[C@@H]3C23CCCCC3)cc1. The molecular weight excluding hydrogens is 300 g/mol. The highest BCUT2D eigenvalue weighted by molar-refractivity contribution is 5.95. The van der Waals surface area contributed by atoms with Crippen molar-refractivity contribution in [2.24, 2.45) is 5.92 Å². The molecule has 1 amide bonds. The predicted molar refractivity (Wildman–Crippen MR) is 93.5 cm³/mol. The highest BCUT2D eigenvalue weighted by Crippen LogP contribution is 2.49. The van der Waals surface area contributed by atoms with Crippen LogP contribution in [0, 0.1) is 5.92 Å². The second-order valence-electron chi connectivity index (χ2n) is 7.29. The van der Waals surface area contributed by atoms with E-state index in [1.54, 1.807) is 7.11 Å². The van der Waals surface area contributed by atoms with Gasteiger partial charge in [-0.05, 0) is 56.4 Å². The summed E-state index contributed by atoms with van der Waals surface area (Å²) in [6.45, 7) is 0. The number of nitrogens with one attached hydrogen (secondary N) is 1. The van der Waals surface area contributed by atoms with Gasteiger partial charge >= 0.3 is 0 Å². The minimum Gasteiger partial charge on any atom is -0.497 e. The molecule has 4 rings (SSSR count). The van der Waals surface area contributed by atoms with E-state index in [0.717, 1.165) is 30.6 Å². The quantitative estimate of drug-likeness (QED) is 0.892. The Kier molecular flexibility index (Phi) is 3.99. The van der Waals surface area contributed by atoms with Gasteiger partial charge in [-0.25, -0.2) is 5.01 Å². The number of methoxy groups -OCH3 is 1. The molecule has 128 valence electrons. The van der Waals surface area contributed by atoms with Crippen molar-refractivity contribution in [1.29, 1.82) is 0 Å². The standard InChI is InChI=1S/C20H26N2O2/c1-24-16-11-9-15(10-12-16)19(23)22-20(13-5-2-6-14-20)17-7-3-4-8-18(17)21-22/h8-12,17,21H,2-7,13-14H2,1H3/t17-/m0/s1. The van der Waals surface area contributed by atoms with Crippen LogP contribution in [0.15, 0.2) is 36.0 Å². The molecule has 0 unspecified atom stereocenters. The van der Waals surface area contributed by atoms with Crippen molar-refractivity contribution in [1.82, 2.24) is 10.4 Å². The molecule has 1 heterocycles. The Labute approximate surface area is 143 Å². The van der Waals surface area contributed by atoms with E-state index in [1.165, 1.54) is 37.8 Å². The number of carbonyl (C=O) groups is 1. The highest BCUT2D eigenvalue weighted by Gasteiger charge is 2.53. The van der Waals surface area contributed by atoms with Gasteiger partial charge in [-0.1, -0.05) is 25.3 Å². The number of rotatable bonds is 2. The topological polar surface area (TPSA) is 41.6 Å². The number of nitrogens with zero attached hydrogens (tertiary/aromatic N) is 1. The van der Waals surface area contributed by atoms with Crippen LogP contribution in [0.1, 0.15) is 61.7 Å². The number of carbonyl (C=O) groups excluding carboxylic acids is 1. The Balaban J connectivity index is 1.67. The number of hydrazine groups is 1. The lowest BCUT2D eigenvalue weighted by Crippen LogP contribution is -2.54. The number of ether oxygens (including phenoxy) is 1. The summed E-state index contributed by atoms with van der Waals surface area (Å²) >= 11 is 0. The molecule has 1 saturated heterocycles. The Hall–Kier alpha value is -1.97. The van der Waals surface area contributed by atoms with Gasteiger partial charge in [0.2, 0.25) is 0 Å². The molecule has 24 heavy (non-hydrogen) atoms. The van der Waals surface area contributed by atoms with Crippen LogP contribution in [-0.2, 0) is 0 Å². The van der Waals surface area contributed by atoms with Gasteiger partial charge in [0.15, 0.2) is 0 Å². The van der Waals surface area contributed by atoms with E-state index in [0.29, 0.717) is 5.92 Å². The van der Waals surface area contributed by atoms with Gasteiger partial charge in [0.25, 0.3) is 5.91 Å². The molecule has 1 saturated carbocycles. The van der Waals surface area contributed by atoms with E-state index in [4.69, 9.17) is 4.74 Å². The zero-order chi connectivity index (χ0) is 16.6. The molecule has 0 radical (unpaired) electrons. The van der Waals surface area contributed by atoms with E-state index in [1.807, 2.05) is 29.3 Å². The van der Waals surface area contributed by atoms with Gasteiger partial charge in [0, 0.05) is 17.2 Å². The van der Waals surface area contributed by atoms with Crippen molar-refractivity contribution in [2.45, 2.75) is 56.9 Å². The van der Waals surface area contributed by atoms with E-state index in [9.17, 15) is 4.79 Å². The molecule has 1 N–H and O–H groups in total. The third kappa shape index (κ3) is 2.40. The fourth-order valence-corrected chi connectivity index (χ4v) is 4.81. The van der Waals surface area contributed by atoms with E-state index in [-0.39, 0.29) is 11.4 Å². The van der Waals surface area contributed by atoms with E-state index in [2.05, 4.69) is 11.5 Å². The summed E-state index contributed by atoms with van der Waals surface area (Å²) in [5.74, 6) is 1.37. The molecular formula is C20H26N2O2. The first-order valence-corrected chi connectivity index (χ1v) is 9.20. The number of fused-ring (bicyclic) bond motifs is 2.